The number of rotatable bonds is 3. The Morgan fingerprint density at radius 2 is 2.07 bits per heavy atom. The van der Waals surface area contributed by atoms with Crippen LogP contribution < -0.4 is 4.90 Å². The maximum Gasteiger partial charge on any atom is 0.154 e. The van der Waals surface area contributed by atoms with E-state index in [1.807, 2.05) is 10.7 Å². The third-order valence-electron chi connectivity index (χ3n) is 6.16. The van der Waals surface area contributed by atoms with Crippen LogP contribution >= 0.6 is 0 Å². The van der Waals surface area contributed by atoms with Crippen LogP contribution in [0.15, 0.2) is 36.5 Å². The summed E-state index contributed by atoms with van der Waals surface area (Å²) in [6.45, 7) is 6.90. The zero-order valence-corrected chi connectivity index (χ0v) is 16.7. The van der Waals surface area contributed by atoms with Crippen molar-refractivity contribution in [1.29, 1.82) is 0 Å². The van der Waals surface area contributed by atoms with E-state index in [-0.39, 0.29) is 5.60 Å². The molecule has 1 saturated heterocycles. The monoisotopic (exact) mass is 388 g/mol. The largest absolute Gasteiger partial charge is 0.371 e. The molecular formula is C22H24N6O. The van der Waals surface area contributed by atoms with Crippen LogP contribution in [0.4, 0.5) is 5.82 Å². The molecule has 7 nitrogen and oxygen atoms in total. The number of ether oxygens (including phenoxy) is 1. The number of morpholine rings is 1. The third-order valence-corrected chi connectivity index (χ3v) is 6.16. The summed E-state index contributed by atoms with van der Waals surface area (Å²) in [5, 5.41) is 13.7. The summed E-state index contributed by atoms with van der Waals surface area (Å²) >= 11 is 0. The lowest BCUT2D eigenvalue weighted by Crippen LogP contribution is -2.44. The van der Waals surface area contributed by atoms with E-state index in [4.69, 9.17) is 9.84 Å². The molecule has 4 heterocycles. The number of anilines is 1. The van der Waals surface area contributed by atoms with Gasteiger partial charge in [0.1, 0.15) is 5.82 Å². The van der Waals surface area contributed by atoms with Crippen molar-refractivity contribution >= 4 is 22.4 Å². The van der Waals surface area contributed by atoms with Crippen LogP contribution in [0.2, 0.25) is 0 Å². The summed E-state index contributed by atoms with van der Waals surface area (Å²) in [7, 11) is 0. The van der Waals surface area contributed by atoms with Crippen LogP contribution in [0, 0.1) is 0 Å². The second-order valence-electron chi connectivity index (χ2n) is 8.58. The fourth-order valence-corrected chi connectivity index (χ4v) is 4.35. The van der Waals surface area contributed by atoms with Crippen molar-refractivity contribution < 1.29 is 4.74 Å². The standard InChI is InChI=1S/C22H24N6O/c1-14(2)21-16-11-15(3-4-17(16)24-25-21)18-12-23-19-5-6-20(26-28(18)19)27-9-10-29-22(13-27)7-8-22/h3-6,11-12,14H,7-10,13H2,1-2H3,(H,24,25). The Morgan fingerprint density at radius 1 is 1.17 bits per heavy atom. The average molecular weight is 388 g/mol. The lowest BCUT2D eigenvalue weighted by Gasteiger charge is -2.33. The summed E-state index contributed by atoms with van der Waals surface area (Å²) in [6.07, 6.45) is 4.22. The van der Waals surface area contributed by atoms with Crippen LogP contribution in [0.3, 0.4) is 0 Å². The lowest BCUT2D eigenvalue weighted by molar-refractivity contribution is 0.0203. The molecule has 2 aliphatic rings. The van der Waals surface area contributed by atoms with Crippen LogP contribution in [-0.4, -0.2) is 50.1 Å². The zero-order valence-electron chi connectivity index (χ0n) is 16.7. The Bertz CT molecular complexity index is 1220. The van der Waals surface area contributed by atoms with Gasteiger partial charge in [-0.15, -0.1) is 5.10 Å². The molecule has 0 bridgehead atoms. The molecular weight excluding hydrogens is 364 g/mol. The van der Waals surface area contributed by atoms with Crippen molar-refractivity contribution in [3.05, 3.63) is 42.2 Å². The van der Waals surface area contributed by atoms with Crippen molar-refractivity contribution in [2.75, 3.05) is 24.6 Å². The Hall–Kier alpha value is -2.93. The number of fused-ring (bicyclic) bond motifs is 2. The maximum atomic E-state index is 5.96. The summed E-state index contributed by atoms with van der Waals surface area (Å²) < 4.78 is 7.92. The first-order valence-corrected chi connectivity index (χ1v) is 10.3. The molecule has 1 saturated carbocycles. The molecule has 6 rings (SSSR count). The van der Waals surface area contributed by atoms with Gasteiger partial charge in [-0.25, -0.2) is 9.50 Å². The molecule has 29 heavy (non-hydrogen) atoms. The minimum absolute atomic E-state index is 0.0756. The predicted molar refractivity (Wildman–Crippen MR) is 112 cm³/mol. The highest BCUT2D eigenvalue weighted by molar-refractivity contribution is 5.86. The second kappa shape index (κ2) is 6.03. The van der Waals surface area contributed by atoms with Crippen molar-refractivity contribution in [3.8, 4) is 11.3 Å². The average Bonchev–Trinajstić information content (AvgIpc) is 3.17. The molecule has 2 fully saturated rings. The first-order chi connectivity index (χ1) is 14.1. The molecule has 0 radical (unpaired) electrons. The smallest absolute Gasteiger partial charge is 0.154 e. The highest BCUT2D eigenvalue weighted by Crippen LogP contribution is 2.42. The minimum atomic E-state index is 0.0756. The number of hydrogen-bond acceptors (Lipinski definition) is 5. The molecule has 3 aromatic heterocycles. The van der Waals surface area contributed by atoms with Crippen LogP contribution in [0.5, 0.6) is 0 Å². The summed E-state index contributed by atoms with van der Waals surface area (Å²) in [4.78, 5) is 6.92. The summed E-state index contributed by atoms with van der Waals surface area (Å²) in [6, 6.07) is 10.5. The van der Waals surface area contributed by atoms with Gasteiger partial charge < -0.3 is 9.64 Å². The van der Waals surface area contributed by atoms with E-state index in [2.05, 4.69) is 64.3 Å². The van der Waals surface area contributed by atoms with E-state index in [1.165, 1.54) is 0 Å². The first-order valence-electron chi connectivity index (χ1n) is 10.3. The van der Waals surface area contributed by atoms with Gasteiger partial charge in [0.15, 0.2) is 5.65 Å². The SMILES string of the molecule is CC(C)c1n[nH]c2ccc(-c3cnc4ccc(N5CCOC6(CC6)C5)nn34)cc12. The first kappa shape index (κ1) is 17.0. The normalized spacial score (nSPS) is 18.4. The second-order valence-corrected chi connectivity index (χ2v) is 8.58. The Morgan fingerprint density at radius 3 is 2.90 bits per heavy atom. The molecule has 1 N–H and O–H groups in total. The van der Waals surface area contributed by atoms with Gasteiger partial charge in [0, 0.05) is 24.0 Å². The number of nitrogens with zero attached hydrogens (tertiary/aromatic N) is 5. The molecule has 148 valence electrons. The van der Waals surface area contributed by atoms with Gasteiger partial charge in [-0.05, 0) is 43.0 Å². The Kier molecular flexibility index (Phi) is 3.53. The third kappa shape index (κ3) is 2.72. The van der Waals surface area contributed by atoms with E-state index < -0.39 is 0 Å². The molecule has 0 unspecified atom stereocenters. The van der Waals surface area contributed by atoms with E-state index >= 15 is 0 Å². The van der Waals surface area contributed by atoms with Crippen molar-refractivity contribution in [3.63, 3.8) is 0 Å². The van der Waals surface area contributed by atoms with Gasteiger partial charge in [0.25, 0.3) is 0 Å². The van der Waals surface area contributed by atoms with Gasteiger partial charge in [-0.1, -0.05) is 19.9 Å². The van der Waals surface area contributed by atoms with Crippen LogP contribution in [0.1, 0.15) is 38.3 Å². The molecule has 0 atom stereocenters. The van der Waals surface area contributed by atoms with Gasteiger partial charge in [-0.3, -0.25) is 5.10 Å². The molecule has 1 aromatic carbocycles. The minimum Gasteiger partial charge on any atom is -0.371 e. The molecule has 4 aromatic rings. The lowest BCUT2D eigenvalue weighted by atomic mass is 10.0. The fraction of sp³-hybridized carbons (Fsp3) is 0.409. The van der Waals surface area contributed by atoms with Crippen molar-refractivity contribution in [1.82, 2.24) is 24.8 Å². The Labute approximate surface area is 168 Å². The van der Waals surface area contributed by atoms with E-state index in [1.54, 1.807) is 0 Å². The van der Waals surface area contributed by atoms with Crippen molar-refractivity contribution in [2.24, 2.45) is 0 Å². The number of hydrogen-bond donors (Lipinski definition) is 1. The molecule has 7 heteroatoms. The number of benzene rings is 1. The van der Waals surface area contributed by atoms with Gasteiger partial charge in [-0.2, -0.15) is 5.10 Å². The molecule has 0 amide bonds. The Balaban J connectivity index is 1.43. The van der Waals surface area contributed by atoms with Crippen LogP contribution in [0.25, 0.3) is 27.8 Å². The fourth-order valence-electron chi connectivity index (χ4n) is 4.35. The molecule has 1 aliphatic heterocycles. The number of aromatic nitrogens is 5. The predicted octanol–water partition coefficient (Wildman–Crippen LogP) is 3.77. The number of imidazole rings is 1. The van der Waals surface area contributed by atoms with Gasteiger partial charge in [0.2, 0.25) is 0 Å². The highest BCUT2D eigenvalue weighted by Gasteiger charge is 2.47. The van der Waals surface area contributed by atoms with Gasteiger partial charge >= 0.3 is 0 Å². The molecule has 1 spiro atoms. The molecule has 1 aliphatic carbocycles. The summed E-state index contributed by atoms with van der Waals surface area (Å²) in [5.74, 6) is 1.35. The van der Waals surface area contributed by atoms with E-state index in [0.29, 0.717) is 5.92 Å². The topological polar surface area (TPSA) is 71.3 Å². The van der Waals surface area contributed by atoms with E-state index in [0.717, 1.165) is 71.9 Å². The highest BCUT2D eigenvalue weighted by atomic mass is 16.5. The summed E-state index contributed by atoms with van der Waals surface area (Å²) in [5.41, 5.74) is 5.17. The van der Waals surface area contributed by atoms with Crippen LogP contribution in [-0.2, 0) is 4.74 Å². The van der Waals surface area contributed by atoms with Gasteiger partial charge in [0.05, 0.1) is 35.3 Å². The van der Waals surface area contributed by atoms with E-state index in [9.17, 15) is 0 Å². The van der Waals surface area contributed by atoms with Crippen molar-refractivity contribution in [2.45, 2.75) is 38.2 Å². The number of H-pyrrole nitrogens is 1. The zero-order chi connectivity index (χ0) is 19.6. The number of nitrogens with one attached hydrogen (secondary N) is 1. The maximum absolute atomic E-state index is 5.96. The quantitative estimate of drug-likeness (QED) is 0.579. The number of aromatic amines is 1.